The average molecular weight is 560 g/mol. The smallest absolute Gasteiger partial charge is 0.244 e. The molecule has 0 saturated carbocycles. The Morgan fingerprint density at radius 1 is 1.12 bits per heavy atom. The van der Waals surface area contributed by atoms with E-state index in [2.05, 4.69) is 17.2 Å². The van der Waals surface area contributed by atoms with Gasteiger partial charge in [0.05, 0.1) is 24.6 Å². The number of aliphatic hydroxyl groups excluding tert-OH is 1. The lowest BCUT2D eigenvalue weighted by Gasteiger charge is -2.44. The van der Waals surface area contributed by atoms with Crippen LogP contribution in [0.4, 0.5) is 8.78 Å². The van der Waals surface area contributed by atoms with Crippen molar-refractivity contribution in [2.24, 2.45) is 17.1 Å². The van der Waals surface area contributed by atoms with Crippen molar-refractivity contribution >= 4 is 11.8 Å². The Hall–Kier alpha value is -4.24. The number of hydrogen-bond acceptors (Lipinski definition) is 4. The molecule has 0 aliphatic heterocycles. The SMILES string of the molecule is C#CCN(CC#C)C(=O)C1([C@H](Cc2cc(F)cc(F)c2)[C@@H](O)CNC(C)(C)c2ccccc2)C=CC=C(C(N)=O)C1. The van der Waals surface area contributed by atoms with Gasteiger partial charge in [-0.05, 0) is 49.9 Å². The van der Waals surface area contributed by atoms with Crippen LogP contribution in [0, 0.1) is 47.7 Å². The zero-order chi connectivity index (χ0) is 30.2. The van der Waals surface area contributed by atoms with E-state index in [1.165, 1.54) is 17.1 Å². The standard InChI is InChI=1S/C33H35F2N3O3/c1-5-15-38(16-6-2)31(41)33(14-10-11-24(21-33)30(36)40)28(19-23-17-26(34)20-27(35)18-23)29(39)22-37-32(3,4)25-12-8-7-9-13-25/h1-2,7-14,17-18,20,28-29,37,39H,15-16,19,21-22H2,3-4H3,(H2,36,40)/t28-,29+,33?/m1/s1. The molecular weight excluding hydrogens is 524 g/mol. The van der Waals surface area contributed by atoms with Gasteiger partial charge in [0.2, 0.25) is 11.8 Å². The molecule has 3 atom stereocenters. The van der Waals surface area contributed by atoms with E-state index in [-0.39, 0.29) is 43.6 Å². The van der Waals surface area contributed by atoms with Crippen molar-refractivity contribution in [2.75, 3.05) is 19.6 Å². The lowest BCUT2D eigenvalue weighted by atomic mass is 9.63. The van der Waals surface area contributed by atoms with Crippen molar-refractivity contribution in [3.63, 3.8) is 0 Å². The lowest BCUT2D eigenvalue weighted by Crippen LogP contribution is -2.54. The summed E-state index contributed by atoms with van der Waals surface area (Å²) in [4.78, 5) is 27.9. The van der Waals surface area contributed by atoms with Crippen LogP contribution < -0.4 is 11.1 Å². The summed E-state index contributed by atoms with van der Waals surface area (Å²) in [6.07, 6.45) is 14.2. The minimum absolute atomic E-state index is 0.00707. The maximum atomic E-state index is 14.3. The number of carbonyl (C=O) groups is 2. The first-order valence-corrected chi connectivity index (χ1v) is 13.2. The van der Waals surface area contributed by atoms with Gasteiger partial charge in [0.25, 0.3) is 0 Å². The third kappa shape index (κ3) is 7.49. The van der Waals surface area contributed by atoms with Crippen molar-refractivity contribution in [3.05, 3.63) is 95.1 Å². The molecule has 3 rings (SSSR count). The molecule has 41 heavy (non-hydrogen) atoms. The Kier molecular flexibility index (Phi) is 10.2. The van der Waals surface area contributed by atoms with E-state index in [9.17, 15) is 23.5 Å². The summed E-state index contributed by atoms with van der Waals surface area (Å²) in [5, 5.41) is 15.1. The minimum Gasteiger partial charge on any atom is -0.391 e. The van der Waals surface area contributed by atoms with Gasteiger partial charge in [-0.1, -0.05) is 60.4 Å². The van der Waals surface area contributed by atoms with Gasteiger partial charge >= 0.3 is 0 Å². The molecule has 0 saturated heterocycles. The lowest BCUT2D eigenvalue weighted by molar-refractivity contribution is -0.144. The molecule has 6 nitrogen and oxygen atoms in total. The minimum atomic E-state index is -1.56. The third-order valence-corrected chi connectivity index (χ3v) is 7.49. The average Bonchev–Trinajstić information content (AvgIpc) is 2.94. The van der Waals surface area contributed by atoms with Gasteiger partial charge < -0.3 is 21.1 Å². The van der Waals surface area contributed by atoms with E-state index >= 15 is 0 Å². The molecule has 1 aliphatic carbocycles. The van der Waals surface area contributed by atoms with Crippen LogP contribution in [-0.4, -0.2) is 47.6 Å². The summed E-state index contributed by atoms with van der Waals surface area (Å²) in [5.41, 5.74) is 4.84. The number of nitrogens with one attached hydrogen (secondary N) is 1. The third-order valence-electron chi connectivity index (χ3n) is 7.49. The van der Waals surface area contributed by atoms with Crippen LogP contribution in [0.1, 0.15) is 31.4 Å². The Labute approximate surface area is 240 Å². The van der Waals surface area contributed by atoms with E-state index in [1.807, 2.05) is 44.2 Å². The first-order valence-electron chi connectivity index (χ1n) is 13.2. The van der Waals surface area contributed by atoms with Crippen LogP contribution in [0.3, 0.4) is 0 Å². The molecule has 1 aliphatic rings. The van der Waals surface area contributed by atoms with Crippen molar-refractivity contribution in [1.82, 2.24) is 10.2 Å². The molecule has 2 aromatic rings. The van der Waals surface area contributed by atoms with Gasteiger partial charge in [0, 0.05) is 29.6 Å². The Morgan fingerprint density at radius 3 is 2.29 bits per heavy atom. The van der Waals surface area contributed by atoms with Crippen LogP contribution in [0.5, 0.6) is 0 Å². The maximum absolute atomic E-state index is 14.3. The number of amides is 2. The van der Waals surface area contributed by atoms with Crippen LogP contribution in [0.25, 0.3) is 0 Å². The highest BCUT2D eigenvalue weighted by molar-refractivity contribution is 5.95. The molecule has 0 aromatic heterocycles. The van der Waals surface area contributed by atoms with E-state index < -0.39 is 46.4 Å². The van der Waals surface area contributed by atoms with Crippen LogP contribution in [-0.2, 0) is 21.5 Å². The number of terminal acetylenes is 2. The molecule has 1 unspecified atom stereocenters. The van der Waals surface area contributed by atoms with Crippen molar-refractivity contribution in [1.29, 1.82) is 0 Å². The van der Waals surface area contributed by atoms with E-state index in [0.29, 0.717) is 0 Å². The molecule has 2 amide bonds. The number of nitrogens with two attached hydrogens (primary N) is 1. The first kappa shape index (κ1) is 31.3. The number of benzene rings is 2. The molecule has 0 heterocycles. The number of nitrogens with zero attached hydrogens (tertiary/aromatic N) is 1. The molecule has 214 valence electrons. The van der Waals surface area contributed by atoms with Gasteiger partial charge in [0.1, 0.15) is 11.6 Å². The van der Waals surface area contributed by atoms with Gasteiger partial charge in [-0.25, -0.2) is 8.78 Å². The van der Waals surface area contributed by atoms with Crippen molar-refractivity contribution in [3.8, 4) is 24.7 Å². The van der Waals surface area contributed by atoms with Crippen LogP contribution >= 0.6 is 0 Å². The van der Waals surface area contributed by atoms with Crippen molar-refractivity contribution < 1.29 is 23.5 Å². The van der Waals surface area contributed by atoms with Gasteiger partial charge in [0.15, 0.2) is 0 Å². The summed E-state index contributed by atoms with van der Waals surface area (Å²) in [7, 11) is 0. The fraction of sp³-hybridized carbons (Fsp3) is 0.333. The zero-order valence-corrected chi connectivity index (χ0v) is 23.2. The van der Waals surface area contributed by atoms with Crippen LogP contribution in [0.15, 0.2) is 72.3 Å². The summed E-state index contributed by atoms with van der Waals surface area (Å²) in [6, 6.07) is 12.7. The highest BCUT2D eigenvalue weighted by Gasteiger charge is 2.50. The molecule has 0 spiro atoms. The van der Waals surface area contributed by atoms with E-state index in [4.69, 9.17) is 18.6 Å². The normalized spacial score (nSPS) is 18.0. The Morgan fingerprint density at radius 2 is 1.73 bits per heavy atom. The fourth-order valence-electron chi connectivity index (χ4n) is 5.32. The number of rotatable bonds is 12. The fourth-order valence-corrected chi connectivity index (χ4v) is 5.32. The number of aliphatic hydroxyl groups is 1. The second kappa shape index (κ2) is 13.4. The predicted octanol–water partition coefficient (Wildman–Crippen LogP) is 3.46. The number of allylic oxidation sites excluding steroid dienone is 2. The predicted molar refractivity (Wildman–Crippen MR) is 155 cm³/mol. The Bertz CT molecular complexity index is 1370. The summed E-state index contributed by atoms with van der Waals surface area (Å²) in [6.45, 7) is 3.66. The Balaban J connectivity index is 2.11. The van der Waals surface area contributed by atoms with E-state index in [1.54, 1.807) is 6.08 Å². The highest BCUT2D eigenvalue weighted by atomic mass is 19.1. The van der Waals surface area contributed by atoms with Crippen molar-refractivity contribution in [2.45, 2.75) is 38.3 Å². The van der Waals surface area contributed by atoms with Gasteiger partial charge in [-0.3, -0.25) is 9.59 Å². The summed E-state index contributed by atoms with van der Waals surface area (Å²) in [5.74, 6) is 1.01. The molecule has 0 fully saturated rings. The molecule has 0 bridgehead atoms. The topological polar surface area (TPSA) is 95.7 Å². The first-order chi connectivity index (χ1) is 19.4. The number of carbonyl (C=O) groups excluding carboxylic acids is 2. The molecular formula is C33H35F2N3O3. The zero-order valence-electron chi connectivity index (χ0n) is 23.2. The summed E-state index contributed by atoms with van der Waals surface area (Å²) < 4.78 is 28.5. The molecule has 0 radical (unpaired) electrons. The molecule has 8 heteroatoms. The summed E-state index contributed by atoms with van der Waals surface area (Å²) >= 11 is 0. The monoisotopic (exact) mass is 559 g/mol. The second-order valence-electron chi connectivity index (χ2n) is 10.7. The number of halogens is 2. The number of primary amides is 1. The van der Waals surface area contributed by atoms with Gasteiger partial charge in [-0.15, -0.1) is 12.8 Å². The molecule has 2 aromatic carbocycles. The largest absolute Gasteiger partial charge is 0.391 e. The van der Waals surface area contributed by atoms with E-state index in [0.717, 1.165) is 23.8 Å². The maximum Gasteiger partial charge on any atom is 0.244 e. The number of hydrogen-bond donors (Lipinski definition) is 3. The molecule has 4 N–H and O–H groups in total. The second-order valence-corrected chi connectivity index (χ2v) is 10.7. The highest BCUT2D eigenvalue weighted by Crippen LogP contribution is 2.44. The van der Waals surface area contributed by atoms with Gasteiger partial charge in [-0.2, -0.15) is 0 Å². The van der Waals surface area contributed by atoms with Crippen LogP contribution in [0.2, 0.25) is 0 Å². The quantitative estimate of drug-likeness (QED) is 0.347.